The van der Waals surface area contributed by atoms with Crippen molar-refractivity contribution in [1.82, 2.24) is 9.97 Å². The van der Waals surface area contributed by atoms with Crippen LogP contribution in [0.25, 0.3) is 0 Å². The summed E-state index contributed by atoms with van der Waals surface area (Å²) in [7, 11) is 1.53. The van der Waals surface area contributed by atoms with Crippen LogP contribution in [0.2, 0.25) is 0 Å². The van der Waals surface area contributed by atoms with Gasteiger partial charge in [-0.05, 0) is 12.8 Å². The largest absolute Gasteiger partial charge is 0.480 e. The van der Waals surface area contributed by atoms with Crippen molar-refractivity contribution < 1.29 is 9.53 Å². The maximum atomic E-state index is 12.0. The molecule has 1 amide bonds. The average molecular weight is 251 g/mol. The third-order valence-electron chi connectivity index (χ3n) is 2.86. The highest BCUT2D eigenvalue weighted by Gasteiger charge is 2.16. The van der Waals surface area contributed by atoms with Crippen LogP contribution >= 0.6 is 0 Å². The van der Waals surface area contributed by atoms with Crippen LogP contribution in [0, 0.1) is 5.92 Å². The zero-order valence-electron chi connectivity index (χ0n) is 11.3. The lowest BCUT2D eigenvalue weighted by Gasteiger charge is -2.13. The Bertz CT molecular complexity index is 365. The van der Waals surface area contributed by atoms with E-state index in [1.165, 1.54) is 19.5 Å². The fourth-order valence-electron chi connectivity index (χ4n) is 1.69. The number of nitrogens with one attached hydrogen (secondary N) is 1. The number of hydrogen-bond acceptors (Lipinski definition) is 4. The van der Waals surface area contributed by atoms with Crippen molar-refractivity contribution in [3.63, 3.8) is 0 Å². The van der Waals surface area contributed by atoms with E-state index in [0.717, 1.165) is 25.7 Å². The Hall–Kier alpha value is -1.65. The van der Waals surface area contributed by atoms with Gasteiger partial charge in [-0.3, -0.25) is 4.79 Å². The first kappa shape index (κ1) is 14.4. The number of anilines is 1. The molecule has 1 heterocycles. The van der Waals surface area contributed by atoms with E-state index >= 15 is 0 Å². The van der Waals surface area contributed by atoms with Gasteiger partial charge in [0.1, 0.15) is 0 Å². The van der Waals surface area contributed by atoms with Crippen LogP contribution in [0.4, 0.5) is 5.82 Å². The lowest BCUT2D eigenvalue weighted by Crippen LogP contribution is -2.22. The van der Waals surface area contributed by atoms with E-state index in [4.69, 9.17) is 4.74 Å². The van der Waals surface area contributed by atoms with Crippen LogP contribution in [0.1, 0.15) is 39.5 Å². The van der Waals surface area contributed by atoms with Gasteiger partial charge in [0.25, 0.3) is 0 Å². The van der Waals surface area contributed by atoms with E-state index in [2.05, 4.69) is 22.2 Å². The quantitative estimate of drug-likeness (QED) is 0.809. The van der Waals surface area contributed by atoms with Crippen LogP contribution in [0.5, 0.6) is 5.88 Å². The van der Waals surface area contributed by atoms with Crippen LogP contribution in [0.3, 0.4) is 0 Å². The SMILES string of the molecule is CCCCC(CC)C(=O)Nc1cnc(OC)cn1. The van der Waals surface area contributed by atoms with Gasteiger partial charge in [-0.2, -0.15) is 0 Å². The first-order valence-electron chi connectivity index (χ1n) is 6.38. The fraction of sp³-hybridized carbons (Fsp3) is 0.615. The molecular weight excluding hydrogens is 230 g/mol. The van der Waals surface area contributed by atoms with Crippen molar-refractivity contribution in [1.29, 1.82) is 0 Å². The van der Waals surface area contributed by atoms with Crippen LogP contribution in [0.15, 0.2) is 12.4 Å². The zero-order valence-corrected chi connectivity index (χ0v) is 11.3. The van der Waals surface area contributed by atoms with Crippen molar-refractivity contribution in [3.8, 4) is 5.88 Å². The molecule has 0 spiro atoms. The van der Waals surface area contributed by atoms with Gasteiger partial charge in [0.2, 0.25) is 11.8 Å². The van der Waals surface area contributed by atoms with Crippen LogP contribution in [-0.2, 0) is 4.79 Å². The summed E-state index contributed by atoms with van der Waals surface area (Å²) in [5.41, 5.74) is 0. The van der Waals surface area contributed by atoms with E-state index < -0.39 is 0 Å². The number of nitrogens with zero attached hydrogens (tertiary/aromatic N) is 2. The third-order valence-corrected chi connectivity index (χ3v) is 2.86. The van der Waals surface area contributed by atoms with Crippen LogP contribution < -0.4 is 10.1 Å². The Morgan fingerprint density at radius 3 is 2.67 bits per heavy atom. The maximum absolute atomic E-state index is 12.0. The number of rotatable bonds is 7. The topological polar surface area (TPSA) is 64.1 Å². The summed E-state index contributed by atoms with van der Waals surface area (Å²) in [6.45, 7) is 4.15. The number of unbranched alkanes of at least 4 members (excludes halogenated alkanes) is 1. The Balaban J connectivity index is 2.55. The van der Waals surface area contributed by atoms with E-state index in [-0.39, 0.29) is 11.8 Å². The highest BCUT2D eigenvalue weighted by molar-refractivity contribution is 5.91. The molecule has 1 aromatic rings. The Kier molecular flexibility index (Phi) is 6.11. The lowest BCUT2D eigenvalue weighted by atomic mass is 9.98. The van der Waals surface area contributed by atoms with E-state index in [1.807, 2.05) is 6.92 Å². The van der Waals surface area contributed by atoms with E-state index in [0.29, 0.717) is 11.7 Å². The first-order valence-corrected chi connectivity index (χ1v) is 6.38. The summed E-state index contributed by atoms with van der Waals surface area (Å²) in [5.74, 6) is 0.973. The van der Waals surface area contributed by atoms with Crippen molar-refractivity contribution in [2.75, 3.05) is 12.4 Å². The normalized spacial score (nSPS) is 11.9. The summed E-state index contributed by atoms with van der Waals surface area (Å²) in [4.78, 5) is 20.1. The minimum Gasteiger partial charge on any atom is -0.480 e. The Morgan fingerprint density at radius 2 is 2.17 bits per heavy atom. The van der Waals surface area contributed by atoms with E-state index in [9.17, 15) is 4.79 Å². The maximum Gasteiger partial charge on any atom is 0.232 e. The number of carbonyl (C=O) groups is 1. The molecule has 0 saturated carbocycles. The van der Waals surface area contributed by atoms with Crippen molar-refractivity contribution in [2.45, 2.75) is 39.5 Å². The van der Waals surface area contributed by atoms with Crippen molar-refractivity contribution in [3.05, 3.63) is 12.4 Å². The van der Waals surface area contributed by atoms with Crippen LogP contribution in [-0.4, -0.2) is 23.0 Å². The summed E-state index contributed by atoms with van der Waals surface area (Å²) in [6, 6.07) is 0. The summed E-state index contributed by atoms with van der Waals surface area (Å²) < 4.78 is 4.91. The Morgan fingerprint density at radius 1 is 1.39 bits per heavy atom. The number of methoxy groups -OCH3 is 1. The molecule has 1 rings (SSSR count). The average Bonchev–Trinajstić information content (AvgIpc) is 2.40. The smallest absolute Gasteiger partial charge is 0.232 e. The number of amides is 1. The summed E-state index contributed by atoms with van der Waals surface area (Å²) >= 11 is 0. The number of ether oxygens (including phenoxy) is 1. The molecule has 18 heavy (non-hydrogen) atoms. The molecule has 1 N–H and O–H groups in total. The molecule has 0 aliphatic heterocycles. The fourth-order valence-corrected chi connectivity index (χ4v) is 1.69. The minimum atomic E-state index is 0.0189. The number of aromatic nitrogens is 2. The summed E-state index contributed by atoms with van der Waals surface area (Å²) in [6.07, 6.45) is 6.93. The van der Waals surface area contributed by atoms with Crippen molar-refractivity contribution in [2.24, 2.45) is 5.92 Å². The second kappa shape index (κ2) is 7.63. The monoisotopic (exact) mass is 251 g/mol. The molecule has 1 atom stereocenters. The molecule has 0 saturated heterocycles. The molecule has 0 aliphatic rings. The van der Waals surface area contributed by atoms with Gasteiger partial charge in [-0.15, -0.1) is 0 Å². The zero-order chi connectivity index (χ0) is 13.4. The highest BCUT2D eigenvalue weighted by Crippen LogP contribution is 2.15. The highest BCUT2D eigenvalue weighted by atomic mass is 16.5. The Labute approximate surface area is 108 Å². The van der Waals surface area contributed by atoms with E-state index in [1.54, 1.807) is 0 Å². The molecule has 5 nitrogen and oxygen atoms in total. The molecule has 0 fully saturated rings. The first-order chi connectivity index (χ1) is 8.71. The molecule has 0 aliphatic carbocycles. The molecule has 0 bridgehead atoms. The second-order valence-corrected chi connectivity index (χ2v) is 4.18. The molecule has 0 radical (unpaired) electrons. The molecule has 1 aromatic heterocycles. The van der Waals surface area contributed by atoms with Gasteiger partial charge in [-0.1, -0.05) is 26.7 Å². The predicted molar refractivity (Wildman–Crippen MR) is 70.5 cm³/mol. The van der Waals surface area contributed by atoms with Gasteiger partial charge < -0.3 is 10.1 Å². The molecule has 1 unspecified atom stereocenters. The summed E-state index contributed by atoms with van der Waals surface area (Å²) in [5, 5.41) is 2.79. The predicted octanol–water partition coefficient (Wildman–Crippen LogP) is 2.64. The molecule has 5 heteroatoms. The number of hydrogen-bond donors (Lipinski definition) is 1. The van der Waals surface area contributed by atoms with Gasteiger partial charge in [0.15, 0.2) is 5.82 Å². The van der Waals surface area contributed by atoms with Gasteiger partial charge in [0, 0.05) is 5.92 Å². The van der Waals surface area contributed by atoms with Crippen molar-refractivity contribution >= 4 is 11.7 Å². The van der Waals surface area contributed by atoms with Gasteiger partial charge in [0.05, 0.1) is 19.5 Å². The second-order valence-electron chi connectivity index (χ2n) is 4.18. The molecular formula is C13H21N3O2. The number of carbonyl (C=O) groups excluding carboxylic acids is 1. The third kappa shape index (κ3) is 4.31. The lowest BCUT2D eigenvalue weighted by molar-refractivity contribution is -0.120. The molecule has 0 aromatic carbocycles. The standard InChI is InChI=1S/C13H21N3O2/c1-4-6-7-10(5-2)13(17)16-11-8-15-12(18-3)9-14-11/h8-10H,4-7H2,1-3H3,(H,14,16,17). The van der Waals surface area contributed by atoms with Gasteiger partial charge in [-0.25, -0.2) is 9.97 Å². The minimum absolute atomic E-state index is 0.0189. The molecule has 100 valence electrons. The van der Waals surface area contributed by atoms with Gasteiger partial charge >= 0.3 is 0 Å².